The van der Waals surface area contributed by atoms with Gasteiger partial charge in [0.25, 0.3) is 0 Å². The number of ether oxygens (including phenoxy) is 1. The van der Waals surface area contributed by atoms with Crippen LogP contribution in [0.1, 0.15) is 11.1 Å². The van der Waals surface area contributed by atoms with E-state index in [1.807, 2.05) is 30.5 Å². The van der Waals surface area contributed by atoms with Gasteiger partial charge in [-0.05, 0) is 59.5 Å². The third-order valence-electron chi connectivity index (χ3n) is 3.56. The minimum atomic E-state index is 0.755. The summed E-state index contributed by atoms with van der Waals surface area (Å²) in [5, 5.41) is 0. The molecular weight excluding hydrogens is 306 g/mol. The fourth-order valence-corrected chi connectivity index (χ4v) is 3.59. The van der Waals surface area contributed by atoms with Crippen LogP contribution in [0.15, 0.2) is 72.1 Å². The molecule has 0 unspecified atom stereocenters. The van der Waals surface area contributed by atoms with E-state index in [0.717, 1.165) is 24.6 Å². The second-order valence-corrected chi connectivity index (χ2v) is 6.45. The van der Waals surface area contributed by atoms with Crippen molar-refractivity contribution in [3.63, 3.8) is 0 Å². The third kappa shape index (κ3) is 3.36. The van der Waals surface area contributed by atoms with E-state index in [1.165, 1.54) is 16.0 Å². The zero-order chi connectivity index (χ0) is 15.5. The van der Waals surface area contributed by atoms with Crippen molar-refractivity contribution in [3.05, 3.63) is 78.4 Å². The van der Waals surface area contributed by atoms with E-state index in [-0.39, 0.29) is 0 Å². The summed E-state index contributed by atoms with van der Waals surface area (Å²) in [6.45, 7) is 1.78. The first-order chi connectivity index (χ1) is 11.4. The van der Waals surface area contributed by atoms with Gasteiger partial charge < -0.3 is 4.74 Å². The molecule has 114 valence electrons. The molecule has 23 heavy (non-hydrogen) atoms. The van der Waals surface area contributed by atoms with Crippen LogP contribution in [0.3, 0.4) is 0 Å². The summed E-state index contributed by atoms with van der Waals surface area (Å²) >= 11 is 1.78. The summed E-state index contributed by atoms with van der Waals surface area (Å²) in [6, 6.07) is 14.1. The Kier molecular flexibility index (Phi) is 3.96. The maximum atomic E-state index is 5.86. The summed E-state index contributed by atoms with van der Waals surface area (Å²) in [7, 11) is 0. The molecule has 0 saturated carbocycles. The number of fused-ring (bicyclic) bond motifs is 1. The summed E-state index contributed by atoms with van der Waals surface area (Å²) < 4.78 is 8.19. The van der Waals surface area contributed by atoms with E-state index in [0.29, 0.717) is 0 Å². The number of hydrogen-bond donors (Lipinski definition) is 0. The van der Waals surface area contributed by atoms with Crippen LogP contribution in [0, 0.1) is 0 Å². The Morgan fingerprint density at radius 1 is 1.00 bits per heavy atom. The van der Waals surface area contributed by atoms with Crippen LogP contribution in [0.2, 0.25) is 0 Å². The Labute approximate surface area is 139 Å². The van der Waals surface area contributed by atoms with Gasteiger partial charge in [0.1, 0.15) is 11.5 Å². The highest BCUT2D eigenvalue weighted by atomic mass is 32.2. The van der Waals surface area contributed by atoms with E-state index < -0.39 is 0 Å². The Morgan fingerprint density at radius 2 is 1.87 bits per heavy atom. The standard InChI is InChI=1S/C18H15N3OS/c1-3-14(10-19-7-1)12-21-13-15-9-16(5-6-18(15)23-21)22-17-4-2-8-20-11-17/h1-11H,12-13H2. The molecular formula is C18H15N3OS. The second kappa shape index (κ2) is 6.40. The third-order valence-corrected chi connectivity index (χ3v) is 4.67. The van der Waals surface area contributed by atoms with Crippen molar-refractivity contribution in [3.8, 4) is 11.5 Å². The van der Waals surface area contributed by atoms with Crippen LogP contribution in [-0.2, 0) is 13.1 Å². The Balaban J connectivity index is 1.47. The second-order valence-electron chi connectivity index (χ2n) is 5.31. The number of pyridine rings is 2. The molecule has 3 heterocycles. The Hall–Kier alpha value is -2.37. The van der Waals surface area contributed by atoms with Crippen LogP contribution in [-0.4, -0.2) is 14.3 Å². The fraction of sp³-hybridized carbons (Fsp3) is 0.111. The lowest BCUT2D eigenvalue weighted by Crippen LogP contribution is -2.09. The zero-order valence-electron chi connectivity index (χ0n) is 12.4. The highest BCUT2D eigenvalue weighted by Crippen LogP contribution is 2.39. The van der Waals surface area contributed by atoms with Crippen molar-refractivity contribution in [1.82, 2.24) is 14.3 Å². The molecule has 0 spiro atoms. The lowest BCUT2D eigenvalue weighted by molar-refractivity contribution is 0.465. The maximum absolute atomic E-state index is 5.86. The summed E-state index contributed by atoms with van der Waals surface area (Å²) in [6.07, 6.45) is 7.18. The highest BCUT2D eigenvalue weighted by Gasteiger charge is 2.20. The van der Waals surface area contributed by atoms with Crippen LogP contribution in [0.4, 0.5) is 0 Å². The van der Waals surface area contributed by atoms with Crippen molar-refractivity contribution in [2.75, 3.05) is 0 Å². The Morgan fingerprint density at radius 3 is 2.65 bits per heavy atom. The minimum absolute atomic E-state index is 0.755. The molecule has 4 rings (SSSR count). The van der Waals surface area contributed by atoms with E-state index in [4.69, 9.17) is 4.74 Å². The SMILES string of the molecule is c1cncc(CN2Cc3cc(Oc4cccnc4)ccc3S2)c1. The Bertz CT molecular complexity index is 796. The molecule has 0 bridgehead atoms. The topological polar surface area (TPSA) is 38.2 Å². The summed E-state index contributed by atoms with van der Waals surface area (Å²) in [5.74, 6) is 1.60. The number of hydrogen-bond acceptors (Lipinski definition) is 5. The average molecular weight is 321 g/mol. The van der Waals surface area contributed by atoms with Gasteiger partial charge in [0.05, 0.1) is 6.20 Å². The van der Waals surface area contributed by atoms with Crippen molar-refractivity contribution in [1.29, 1.82) is 0 Å². The van der Waals surface area contributed by atoms with Gasteiger partial charge in [0.2, 0.25) is 0 Å². The summed E-state index contributed by atoms with van der Waals surface area (Å²) in [4.78, 5) is 9.53. The van der Waals surface area contributed by atoms with Crippen molar-refractivity contribution in [2.24, 2.45) is 0 Å². The lowest BCUT2D eigenvalue weighted by atomic mass is 10.2. The van der Waals surface area contributed by atoms with Gasteiger partial charge >= 0.3 is 0 Å². The van der Waals surface area contributed by atoms with Crippen molar-refractivity contribution < 1.29 is 4.74 Å². The van der Waals surface area contributed by atoms with Crippen LogP contribution >= 0.6 is 11.9 Å². The van der Waals surface area contributed by atoms with Gasteiger partial charge in [0, 0.05) is 36.6 Å². The molecule has 1 aliphatic heterocycles. The predicted octanol–water partition coefficient (Wildman–Crippen LogP) is 4.29. The molecule has 0 N–H and O–H groups in total. The highest BCUT2D eigenvalue weighted by molar-refractivity contribution is 7.97. The molecule has 2 aromatic heterocycles. The lowest BCUT2D eigenvalue weighted by Gasteiger charge is -2.12. The first kappa shape index (κ1) is 14.2. The normalized spacial score (nSPS) is 13.7. The first-order valence-electron chi connectivity index (χ1n) is 7.39. The molecule has 5 heteroatoms. The van der Waals surface area contributed by atoms with Gasteiger partial charge in [-0.1, -0.05) is 6.07 Å². The summed E-state index contributed by atoms with van der Waals surface area (Å²) in [5.41, 5.74) is 2.51. The van der Waals surface area contributed by atoms with E-state index in [1.54, 1.807) is 30.5 Å². The number of aromatic nitrogens is 2. The van der Waals surface area contributed by atoms with Gasteiger partial charge in [0.15, 0.2) is 0 Å². The quantitative estimate of drug-likeness (QED) is 0.670. The van der Waals surface area contributed by atoms with Crippen LogP contribution in [0.25, 0.3) is 0 Å². The van der Waals surface area contributed by atoms with Gasteiger partial charge in [-0.2, -0.15) is 0 Å². The minimum Gasteiger partial charge on any atom is -0.456 e. The molecule has 0 amide bonds. The van der Waals surface area contributed by atoms with Gasteiger partial charge in [-0.15, -0.1) is 0 Å². The average Bonchev–Trinajstić information content (AvgIpc) is 2.98. The molecule has 0 atom stereocenters. The molecule has 0 aliphatic carbocycles. The molecule has 0 fully saturated rings. The monoisotopic (exact) mass is 321 g/mol. The first-order valence-corrected chi connectivity index (χ1v) is 8.17. The van der Waals surface area contributed by atoms with E-state index in [2.05, 4.69) is 32.5 Å². The molecule has 1 aromatic carbocycles. The van der Waals surface area contributed by atoms with Crippen LogP contribution < -0.4 is 4.74 Å². The smallest absolute Gasteiger partial charge is 0.145 e. The van der Waals surface area contributed by atoms with E-state index in [9.17, 15) is 0 Å². The predicted molar refractivity (Wildman–Crippen MR) is 90.1 cm³/mol. The molecule has 0 saturated heterocycles. The molecule has 4 nitrogen and oxygen atoms in total. The van der Waals surface area contributed by atoms with Crippen LogP contribution in [0.5, 0.6) is 11.5 Å². The maximum Gasteiger partial charge on any atom is 0.145 e. The largest absolute Gasteiger partial charge is 0.456 e. The number of rotatable bonds is 4. The molecule has 3 aromatic rings. The van der Waals surface area contributed by atoms with Gasteiger partial charge in [-0.3, -0.25) is 9.97 Å². The van der Waals surface area contributed by atoms with E-state index >= 15 is 0 Å². The zero-order valence-corrected chi connectivity index (χ0v) is 13.2. The number of nitrogens with zero attached hydrogens (tertiary/aromatic N) is 3. The molecule has 1 aliphatic rings. The number of benzene rings is 1. The van der Waals surface area contributed by atoms with Gasteiger partial charge in [-0.25, -0.2) is 4.31 Å². The van der Waals surface area contributed by atoms with Crippen molar-refractivity contribution in [2.45, 2.75) is 18.0 Å². The fourth-order valence-electron chi connectivity index (χ4n) is 2.52. The van der Waals surface area contributed by atoms with Crippen molar-refractivity contribution >= 4 is 11.9 Å². The molecule has 0 radical (unpaired) electrons.